The Hall–Kier alpha value is -4.64. The van der Waals surface area contributed by atoms with E-state index in [2.05, 4.69) is 41.0 Å². The van der Waals surface area contributed by atoms with Gasteiger partial charge in [-0.05, 0) is 32.1 Å². The summed E-state index contributed by atoms with van der Waals surface area (Å²) in [6, 6.07) is 0. The number of hydrogen-bond donors (Lipinski definition) is 7. The van der Waals surface area contributed by atoms with E-state index in [-0.39, 0.29) is 84.3 Å². The van der Waals surface area contributed by atoms with E-state index in [1.165, 1.54) is 28.4 Å². The van der Waals surface area contributed by atoms with Crippen LogP contribution in [0.3, 0.4) is 0 Å². The SMILES string of the molecule is COC(=O)CCC(=O)O.COC(=O)CCC(=O)OCCCC(=O)O.COC(=O)CCC(=O)OCCCCO.COC(=O)Cl.NCC(=O)O.OCCCCO. The lowest BCUT2D eigenvalue weighted by Crippen LogP contribution is -2.10. The number of ether oxygens (including phenoxy) is 6. The van der Waals surface area contributed by atoms with Gasteiger partial charge in [0.15, 0.2) is 0 Å². The Bertz CT molecular complexity index is 991. The van der Waals surface area contributed by atoms with Crippen LogP contribution in [0.4, 0.5) is 4.79 Å². The zero-order chi connectivity index (χ0) is 43.2. The van der Waals surface area contributed by atoms with E-state index in [0.717, 1.165) is 12.8 Å². The number of hydrogen-bond acceptors (Lipinski definition) is 19. The van der Waals surface area contributed by atoms with E-state index >= 15 is 0 Å². The van der Waals surface area contributed by atoms with Crippen molar-refractivity contribution in [3.05, 3.63) is 0 Å². The summed E-state index contributed by atoms with van der Waals surface area (Å²) in [5.41, 5.74) is 3.80. The minimum absolute atomic E-state index is 0.0196. The third-order valence-corrected chi connectivity index (χ3v) is 4.96. The zero-order valence-electron chi connectivity index (χ0n) is 31.0. The second-order valence-electron chi connectivity index (χ2n) is 9.19. The zero-order valence-corrected chi connectivity index (χ0v) is 31.7. The maximum Gasteiger partial charge on any atom is 0.403 e. The minimum atomic E-state index is -0.986. The Morgan fingerprint density at radius 3 is 0.981 bits per heavy atom. The highest BCUT2D eigenvalue weighted by molar-refractivity contribution is 6.61. The maximum absolute atomic E-state index is 10.9. The smallest absolute Gasteiger partial charge is 0.403 e. The molecule has 0 aromatic carbocycles. The Morgan fingerprint density at radius 2 is 0.722 bits per heavy atom. The first-order valence-corrected chi connectivity index (χ1v) is 16.2. The Balaban J connectivity index is -0.000000136. The molecule has 54 heavy (non-hydrogen) atoms. The molecule has 0 aliphatic heterocycles. The number of halogens is 1. The van der Waals surface area contributed by atoms with Crippen molar-refractivity contribution in [2.75, 3.05) is 68.0 Å². The number of aliphatic hydroxyl groups is 3. The van der Waals surface area contributed by atoms with E-state index in [1.807, 2.05) is 0 Å². The van der Waals surface area contributed by atoms with Crippen LogP contribution in [0, 0.1) is 0 Å². The van der Waals surface area contributed by atoms with Gasteiger partial charge in [0.05, 0.1) is 86.7 Å². The van der Waals surface area contributed by atoms with Crippen molar-refractivity contribution < 1.29 is 102 Å². The average Bonchev–Trinajstić information content (AvgIpc) is 3.15. The molecular weight excluding hydrogens is 758 g/mol. The number of nitrogens with two attached hydrogens (primary N) is 1. The molecule has 0 aromatic rings. The second kappa shape index (κ2) is 50.5. The van der Waals surface area contributed by atoms with E-state index in [9.17, 15) is 43.2 Å². The number of unbranched alkanes of at least 4 members (excludes halogenated alkanes) is 2. The van der Waals surface area contributed by atoms with Gasteiger partial charge in [-0.25, -0.2) is 4.79 Å². The van der Waals surface area contributed by atoms with Gasteiger partial charge in [0.1, 0.15) is 0 Å². The van der Waals surface area contributed by atoms with Crippen molar-refractivity contribution in [1.29, 1.82) is 0 Å². The van der Waals surface area contributed by atoms with Gasteiger partial charge in [0.2, 0.25) is 0 Å². The van der Waals surface area contributed by atoms with Crippen LogP contribution in [0.2, 0.25) is 0 Å². The molecule has 0 amide bonds. The van der Waals surface area contributed by atoms with E-state index < -0.39 is 53.2 Å². The number of carboxylic acid groups (broad SMARTS) is 3. The van der Waals surface area contributed by atoms with Crippen LogP contribution in [-0.2, 0) is 66.8 Å². The number of carboxylic acids is 3. The van der Waals surface area contributed by atoms with Gasteiger partial charge in [-0.3, -0.25) is 38.4 Å². The van der Waals surface area contributed by atoms with Gasteiger partial charge in [0, 0.05) is 37.8 Å². The monoisotopic (exact) mass is 813 g/mol. The molecule has 22 nitrogen and oxygen atoms in total. The summed E-state index contributed by atoms with van der Waals surface area (Å²) in [5, 5.41) is 48.5. The lowest BCUT2D eigenvalue weighted by atomic mass is 10.3. The summed E-state index contributed by atoms with van der Waals surface area (Å²) < 4.78 is 26.2. The first-order chi connectivity index (χ1) is 25.4. The third-order valence-electron chi connectivity index (χ3n) is 4.81. The Kier molecular flexibility index (Phi) is 57.4. The topological polar surface area (TPSA) is 356 Å². The van der Waals surface area contributed by atoms with Crippen molar-refractivity contribution >= 4 is 64.8 Å². The summed E-state index contributed by atoms with van der Waals surface area (Å²) in [5.74, 6) is -5.20. The standard InChI is InChI=1S/C9H14O6.C9H16O5.C5H8O4.C4H10O2.C2H3ClO2.C2H5NO2/c1-14-8(12)4-5-9(13)15-6-2-3-7(10)11;1-13-8(11)4-5-9(12)14-7-3-2-6-10;1-9-5(8)3-2-4(6)7;5-3-1-2-4-6;1-5-2(3)4;3-1-2(4)5/h2-6H2,1H3,(H,10,11);10H,2-7H2,1H3;2-3H2,1H3,(H,6,7);5-6H,1-4H2;1H3;1,3H2,(H,4,5). The summed E-state index contributed by atoms with van der Waals surface area (Å²) >= 11 is 4.60. The molecule has 23 heteroatoms. The quantitative estimate of drug-likeness (QED) is 0.0357. The number of esters is 5. The van der Waals surface area contributed by atoms with E-state index in [0.29, 0.717) is 19.4 Å². The number of rotatable bonds is 21. The summed E-state index contributed by atoms with van der Waals surface area (Å²) in [4.78, 5) is 91.9. The normalized spacial score (nSPS) is 8.83. The van der Waals surface area contributed by atoms with Crippen LogP contribution in [0.25, 0.3) is 0 Å². The Labute approximate surface area is 317 Å². The number of aliphatic hydroxyl groups excluding tert-OH is 3. The second-order valence-corrected chi connectivity index (χ2v) is 9.49. The highest BCUT2D eigenvalue weighted by Gasteiger charge is 2.08. The van der Waals surface area contributed by atoms with Crippen LogP contribution in [0.1, 0.15) is 77.0 Å². The van der Waals surface area contributed by atoms with Gasteiger partial charge in [-0.1, -0.05) is 0 Å². The van der Waals surface area contributed by atoms with Gasteiger partial charge >= 0.3 is 53.2 Å². The van der Waals surface area contributed by atoms with Gasteiger partial charge < -0.3 is 64.8 Å². The molecule has 318 valence electrons. The fraction of sp³-hybridized carbons (Fsp3) is 0.710. The average molecular weight is 814 g/mol. The molecule has 0 radical (unpaired) electrons. The van der Waals surface area contributed by atoms with Crippen molar-refractivity contribution in [2.45, 2.75) is 77.0 Å². The van der Waals surface area contributed by atoms with Crippen LogP contribution in [0.15, 0.2) is 0 Å². The van der Waals surface area contributed by atoms with Crippen LogP contribution >= 0.6 is 11.6 Å². The number of carbonyl (C=O) groups is 9. The third kappa shape index (κ3) is 77.0. The largest absolute Gasteiger partial charge is 0.481 e. The molecule has 0 bridgehead atoms. The van der Waals surface area contributed by atoms with Crippen LogP contribution in [0.5, 0.6) is 0 Å². The van der Waals surface area contributed by atoms with E-state index in [4.69, 9.17) is 35.4 Å². The molecule has 8 N–H and O–H groups in total. The molecule has 0 saturated heterocycles. The van der Waals surface area contributed by atoms with E-state index in [1.54, 1.807) is 0 Å². The van der Waals surface area contributed by atoms with Crippen LogP contribution in [-0.4, -0.2) is 152 Å². The molecule has 0 aliphatic rings. The number of aliphatic carboxylic acids is 3. The van der Waals surface area contributed by atoms with Gasteiger partial charge in [-0.2, -0.15) is 0 Å². The van der Waals surface area contributed by atoms with Crippen LogP contribution < -0.4 is 5.73 Å². The highest BCUT2D eigenvalue weighted by Crippen LogP contribution is 1.98. The van der Waals surface area contributed by atoms with Gasteiger partial charge in [-0.15, -0.1) is 0 Å². The van der Waals surface area contributed by atoms with Crippen molar-refractivity contribution in [1.82, 2.24) is 0 Å². The summed E-state index contributed by atoms with van der Waals surface area (Å²) in [6.45, 7) is 0.563. The molecule has 0 aliphatic carbocycles. The molecule has 0 atom stereocenters. The van der Waals surface area contributed by atoms with Crippen molar-refractivity contribution in [2.24, 2.45) is 5.73 Å². The summed E-state index contributed by atoms with van der Waals surface area (Å²) in [6.07, 6.45) is 2.76. The highest BCUT2D eigenvalue weighted by atomic mass is 35.5. The predicted octanol–water partition coefficient (Wildman–Crippen LogP) is 0.400. The lowest BCUT2D eigenvalue weighted by molar-refractivity contribution is -0.149. The molecule has 0 spiro atoms. The fourth-order valence-electron chi connectivity index (χ4n) is 2.10. The summed E-state index contributed by atoms with van der Waals surface area (Å²) in [7, 11) is 4.95. The molecule has 0 fully saturated rings. The molecule has 0 unspecified atom stereocenters. The first-order valence-electron chi connectivity index (χ1n) is 15.8. The predicted molar refractivity (Wildman–Crippen MR) is 185 cm³/mol. The Morgan fingerprint density at radius 1 is 0.444 bits per heavy atom. The maximum atomic E-state index is 10.9. The molecule has 0 rings (SSSR count). The number of carbonyl (C=O) groups excluding carboxylic acids is 6. The molecule has 0 heterocycles. The molecule has 0 aromatic heterocycles. The number of methoxy groups -OCH3 is 4. The first kappa shape index (κ1) is 61.4. The lowest BCUT2D eigenvalue weighted by Gasteiger charge is -2.03. The van der Waals surface area contributed by atoms with Crippen molar-refractivity contribution in [3.63, 3.8) is 0 Å². The molecule has 0 saturated carbocycles. The fourth-order valence-corrected chi connectivity index (χ4v) is 2.10. The van der Waals surface area contributed by atoms with Crippen molar-refractivity contribution in [3.8, 4) is 0 Å². The molecular formula is C31H56ClNO21. The minimum Gasteiger partial charge on any atom is -0.481 e. The van der Waals surface area contributed by atoms with Gasteiger partial charge in [0.25, 0.3) is 0 Å².